The molecule has 0 aliphatic carbocycles. The van der Waals surface area contributed by atoms with Crippen LogP contribution in [0, 0.1) is 0 Å². The first-order chi connectivity index (χ1) is 3.93. The molecular formula is C6H16BNO. The Morgan fingerprint density at radius 1 is 1.33 bits per heavy atom. The molecule has 0 bridgehead atoms. The average Bonchev–Trinajstić information content (AvgIpc) is 1.90. The minimum absolute atomic E-state index is 0. The van der Waals surface area contributed by atoms with Gasteiger partial charge in [0, 0.05) is 13.1 Å². The van der Waals surface area contributed by atoms with Gasteiger partial charge in [0.05, 0.1) is 21.6 Å². The molecule has 0 N–H and O–H groups in total. The molecule has 1 saturated heterocycles. The largest absolute Gasteiger partial charge is 0.379 e. The van der Waals surface area contributed by atoms with Gasteiger partial charge in [-0.05, 0) is 6.54 Å². The highest BCUT2D eigenvalue weighted by Crippen LogP contribution is 1.93. The Morgan fingerprint density at radius 2 is 1.89 bits per heavy atom. The van der Waals surface area contributed by atoms with Crippen molar-refractivity contribution in [2.75, 3.05) is 32.8 Å². The van der Waals surface area contributed by atoms with Crippen molar-refractivity contribution in [2.24, 2.45) is 0 Å². The van der Waals surface area contributed by atoms with Crippen molar-refractivity contribution in [3.05, 3.63) is 0 Å². The molecule has 1 aliphatic heterocycles. The van der Waals surface area contributed by atoms with Gasteiger partial charge in [-0.25, -0.2) is 0 Å². The van der Waals surface area contributed by atoms with Crippen LogP contribution in [-0.2, 0) is 4.74 Å². The maximum Gasteiger partial charge on any atom is 0.0814 e. The number of morpholine rings is 1. The highest BCUT2D eigenvalue weighted by molar-refractivity contribution is 5.75. The fraction of sp³-hybridized carbons (Fsp3) is 1.00. The van der Waals surface area contributed by atoms with Crippen molar-refractivity contribution in [2.45, 2.75) is 6.92 Å². The molecule has 0 saturated carbocycles. The lowest BCUT2D eigenvalue weighted by Gasteiger charge is -2.24. The summed E-state index contributed by atoms with van der Waals surface area (Å²) in [7, 11) is 0. The Labute approximate surface area is 58.8 Å². The predicted octanol–water partition coefficient (Wildman–Crippen LogP) is -0.845. The minimum Gasteiger partial charge on any atom is -0.379 e. The van der Waals surface area contributed by atoms with Gasteiger partial charge < -0.3 is 4.74 Å². The topological polar surface area (TPSA) is 12.5 Å². The van der Waals surface area contributed by atoms with Crippen LogP contribution in [0.25, 0.3) is 0 Å². The third kappa shape index (κ3) is 2.87. The molecule has 0 spiro atoms. The molecule has 0 atom stereocenters. The van der Waals surface area contributed by atoms with Crippen molar-refractivity contribution in [1.82, 2.24) is 4.90 Å². The third-order valence-corrected chi connectivity index (χ3v) is 1.55. The van der Waals surface area contributed by atoms with E-state index in [1.54, 1.807) is 0 Å². The molecule has 0 aromatic carbocycles. The molecule has 1 fully saturated rings. The summed E-state index contributed by atoms with van der Waals surface area (Å²) in [5.74, 6) is 0. The summed E-state index contributed by atoms with van der Waals surface area (Å²) in [6, 6.07) is 0. The van der Waals surface area contributed by atoms with Crippen LogP contribution in [0.3, 0.4) is 0 Å². The molecular weight excluding hydrogens is 113 g/mol. The Kier molecular flexibility index (Phi) is 4.82. The van der Waals surface area contributed by atoms with Gasteiger partial charge >= 0.3 is 0 Å². The van der Waals surface area contributed by atoms with E-state index in [1.165, 1.54) is 6.54 Å². The lowest BCUT2D eigenvalue weighted by Crippen LogP contribution is -2.35. The number of ether oxygens (including phenoxy) is 1. The number of hydrogen-bond donors (Lipinski definition) is 0. The van der Waals surface area contributed by atoms with Crippen LogP contribution in [0.15, 0.2) is 0 Å². The molecule has 1 aliphatic rings. The molecule has 0 amide bonds. The van der Waals surface area contributed by atoms with Crippen LogP contribution in [0.2, 0.25) is 0 Å². The van der Waals surface area contributed by atoms with Gasteiger partial charge in [-0.3, -0.25) is 4.90 Å². The molecule has 0 aromatic rings. The Hall–Kier alpha value is -0.0151. The van der Waals surface area contributed by atoms with E-state index in [1.807, 2.05) is 0 Å². The maximum atomic E-state index is 5.16. The van der Waals surface area contributed by atoms with Crippen LogP contribution >= 0.6 is 0 Å². The number of hydrogen-bond acceptors (Lipinski definition) is 2. The average molecular weight is 129 g/mol. The Balaban J connectivity index is 0.000000640. The van der Waals surface area contributed by atoms with Crippen LogP contribution < -0.4 is 0 Å². The zero-order chi connectivity index (χ0) is 5.82. The van der Waals surface area contributed by atoms with Crippen molar-refractivity contribution >= 4 is 8.41 Å². The Morgan fingerprint density at radius 3 is 2.22 bits per heavy atom. The van der Waals surface area contributed by atoms with E-state index < -0.39 is 0 Å². The van der Waals surface area contributed by atoms with Crippen molar-refractivity contribution in [3.63, 3.8) is 0 Å². The van der Waals surface area contributed by atoms with Crippen LogP contribution in [0.1, 0.15) is 6.92 Å². The van der Waals surface area contributed by atoms with Gasteiger partial charge in [-0.15, -0.1) is 0 Å². The van der Waals surface area contributed by atoms with E-state index >= 15 is 0 Å². The fourth-order valence-corrected chi connectivity index (χ4v) is 0.917. The summed E-state index contributed by atoms with van der Waals surface area (Å²) in [6.45, 7) is 7.45. The van der Waals surface area contributed by atoms with E-state index in [2.05, 4.69) is 11.8 Å². The number of nitrogens with zero attached hydrogens (tertiary/aromatic N) is 1. The van der Waals surface area contributed by atoms with Crippen molar-refractivity contribution < 1.29 is 4.74 Å². The monoisotopic (exact) mass is 129 g/mol. The van der Waals surface area contributed by atoms with Gasteiger partial charge in [0.1, 0.15) is 0 Å². The zero-order valence-corrected chi connectivity index (χ0v) is 5.39. The normalized spacial score (nSPS) is 21.0. The molecule has 3 heteroatoms. The summed E-state index contributed by atoms with van der Waals surface area (Å²) < 4.78 is 5.16. The second-order valence-corrected chi connectivity index (χ2v) is 2.05. The highest BCUT2D eigenvalue weighted by atomic mass is 16.5. The van der Waals surface area contributed by atoms with Gasteiger partial charge in [-0.2, -0.15) is 0 Å². The smallest absolute Gasteiger partial charge is 0.0814 e. The van der Waals surface area contributed by atoms with Crippen LogP contribution in [0.5, 0.6) is 0 Å². The minimum atomic E-state index is 0. The fourth-order valence-electron chi connectivity index (χ4n) is 0.917. The lowest BCUT2D eigenvalue weighted by atomic mass is 10.4. The molecule has 0 aromatic heterocycles. The quantitative estimate of drug-likeness (QED) is 0.428. The molecule has 0 radical (unpaired) electrons. The first kappa shape index (κ1) is 8.98. The lowest BCUT2D eigenvalue weighted by molar-refractivity contribution is 0.0405. The van der Waals surface area contributed by atoms with Crippen LogP contribution in [-0.4, -0.2) is 46.2 Å². The molecule has 54 valence electrons. The number of likely N-dealkylation sites (N-methyl/N-ethyl adjacent to an activating group) is 1. The highest BCUT2D eigenvalue weighted by Gasteiger charge is 2.05. The molecule has 9 heavy (non-hydrogen) atoms. The summed E-state index contributed by atoms with van der Waals surface area (Å²) >= 11 is 0. The summed E-state index contributed by atoms with van der Waals surface area (Å²) in [5, 5.41) is 0. The summed E-state index contributed by atoms with van der Waals surface area (Å²) in [5.41, 5.74) is 0. The first-order valence-electron chi connectivity index (χ1n) is 3.23. The van der Waals surface area contributed by atoms with E-state index in [9.17, 15) is 0 Å². The molecule has 1 heterocycles. The maximum absolute atomic E-state index is 5.16. The summed E-state index contributed by atoms with van der Waals surface area (Å²) in [6.07, 6.45) is 0. The second-order valence-electron chi connectivity index (χ2n) is 2.05. The SMILES string of the molecule is B.CCN1CCOCC1. The molecule has 2 nitrogen and oxygen atoms in total. The number of rotatable bonds is 1. The van der Waals surface area contributed by atoms with E-state index in [-0.39, 0.29) is 8.41 Å². The van der Waals surface area contributed by atoms with E-state index in [4.69, 9.17) is 4.74 Å². The van der Waals surface area contributed by atoms with Gasteiger partial charge in [-0.1, -0.05) is 6.92 Å². The van der Waals surface area contributed by atoms with E-state index in [0.29, 0.717) is 0 Å². The van der Waals surface area contributed by atoms with Gasteiger partial charge in [0.2, 0.25) is 0 Å². The second kappa shape index (κ2) is 4.83. The summed E-state index contributed by atoms with van der Waals surface area (Å²) in [4.78, 5) is 2.39. The third-order valence-electron chi connectivity index (χ3n) is 1.55. The first-order valence-corrected chi connectivity index (χ1v) is 3.23. The van der Waals surface area contributed by atoms with Crippen LogP contribution in [0.4, 0.5) is 0 Å². The predicted molar refractivity (Wildman–Crippen MR) is 42.9 cm³/mol. The molecule has 1 rings (SSSR count). The van der Waals surface area contributed by atoms with Crippen molar-refractivity contribution in [1.29, 1.82) is 0 Å². The van der Waals surface area contributed by atoms with Gasteiger partial charge in [0.15, 0.2) is 0 Å². The standard InChI is InChI=1S/C6H13NO.BH3/c1-2-7-3-5-8-6-4-7;/h2-6H2,1H3;1H3. The van der Waals surface area contributed by atoms with Gasteiger partial charge in [0.25, 0.3) is 0 Å². The Bertz CT molecular complexity index is 64.1. The zero-order valence-electron chi connectivity index (χ0n) is 5.39. The van der Waals surface area contributed by atoms with Crippen molar-refractivity contribution in [3.8, 4) is 0 Å². The van der Waals surface area contributed by atoms with E-state index in [0.717, 1.165) is 26.3 Å². The molecule has 0 unspecified atom stereocenters.